The second-order valence-corrected chi connectivity index (χ2v) is 7.32. The molecule has 0 heterocycles. The van der Waals surface area contributed by atoms with Gasteiger partial charge in [-0.05, 0) is 51.7 Å². The first kappa shape index (κ1) is 18.1. The van der Waals surface area contributed by atoms with Gasteiger partial charge in [0.1, 0.15) is 0 Å². The number of rotatable bonds is 9. The smallest absolute Gasteiger partial charge is 0.240 e. The summed E-state index contributed by atoms with van der Waals surface area (Å²) in [4.78, 5) is 2.27. The average molecular weight is 313 g/mol. The fourth-order valence-electron chi connectivity index (χ4n) is 2.11. The number of likely N-dealkylation sites (N-methyl/N-ethyl adjacent to an activating group) is 1. The predicted molar refractivity (Wildman–Crippen MR) is 86.8 cm³/mol. The van der Waals surface area contributed by atoms with E-state index in [0.29, 0.717) is 11.4 Å². The van der Waals surface area contributed by atoms with E-state index in [1.807, 2.05) is 38.1 Å². The molecule has 5 nitrogen and oxygen atoms in total. The Morgan fingerprint density at radius 1 is 1.19 bits per heavy atom. The summed E-state index contributed by atoms with van der Waals surface area (Å²) in [5.74, 6) is 0. The van der Waals surface area contributed by atoms with Gasteiger partial charge in [-0.25, -0.2) is 13.1 Å². The van der Waals surface area contributed by atoms with Crippen LogP contribution < -0.4 is 10.0 Å². The molecule has 0 radical (unpaired) electrons. The molecule has 0 aliphatic carbocycles. The molecule has 1 atom stereocenters. The van der Waals surface area contributed by atoms with Gasteiger partial charge >= 0.3 is 0 Å². The van der Waals surface area contributed by atoms with Crippen molar-refractivity contribution < 1.29 is 8.42 Å². The number of hydrogen-bond donors (Lipinski definition) is 2. The van der Waals surface area contributed by atoms with Crippen molar-refractivity contribution in [3.05, 3.63) is 29.8 Å². The first-order chi connectivity index (χ1) is 9.85. The Balaban J connectivity index is 2.66. The molecule has 1 aromatic rings. The van der Waals surface area contributed by atoms with Crippen LogP contribution in [0.2, 0.25) is 0 Å². The maximum absolute atomic E-state index is 12.3. The summed E-state index contributed by atoms with van der Waals surface area (Å²) >= 11 is 0. The van der Waals surface area contributed by atoms with E-state index in [9.17, 15) is 8.42 Å². The zero-order valence-corrected chi connectivity index (χ0v) is 14.2. The molecule has 0 aliphatic rings. The van der Waals surface area contributed by atoms with Gasteiger partial charge in [-0.15, -0.1) is 0 Å². The Morgan fingerprint density at radius 3 is 2.33 bits per heavy atom. The van der Waals surface area contributed by atoms with Crippen LogP contribution in [-0.4, -0.2) is 46.5 Å². The van der Waals surface area contributed by atoms with E-state index >= 15 is 0 Å². The second kappa shape index (κ2) is 8.48. The van der Waals surface area contributed by atoms with E-state index in [1.165, 1.54) is 0 Å². The highest BCUT2D eigenvalue weighted by Gasteiger charge is 2.17. The minimum absolute atomic E-state index is 0.129. The van der Waals surface area contributed by atoms with Crippen LogP contribution in [0.3, 0.4) is 0 Å². The molecule has 6 heteroatoms. The van der Waals surface area contributed by atoms with Gasteiger partial charge in [0.05, 0.1) is 4.90 Å². The highest BCUT2D eigenvalue weighted by molar-refractivity contribution is 7.89. The van der Waals surface area contributed by atoms with E-state index in [1.54, 1.807) is 12.1 Å². The van der Waals surface area contributed by atoms with Gasteiger partial charge in [0.15, 0.2) is 0 Å². The molecule has 1 rings (SSSR count). The van der Waals surface area contributed by atoms with Crippen LogP contribution in [0.25, 0.3) is 0 Å². The molecule has 0 bridgehead atoms. The predicted octanol–water partition coefficient (Wildman–Crippen LogP) is 1.41. The molecule has 0 saturated heterocycles. The first-order valence-corrected chi connectivity index (χ1v) is 8.80. The number of nitrogens with one attached hydrogen (secondary N) is 2. The maximum Gasteiger partial charge on any atom is 0.240 e. The van der Waals surface area contributed by atoms with Gasteiger partial charge in [0.2, 0.25) is 10.0 Å². The van der Waals surface area contributed by atoms with E-state index < -0.39 is 10.0 Å². The van der Waals surface area contributed by atoms with Crippen molar-refractivity contribution in [1.82, 2.24) is 14.9 Å². The average Bonchev–Trinajstić information content (AvgIpc) is 2.38. The molecule has 0 aliphatic heterocycles. The zero-order chi connectivity index (χ0) is 15.9. The number of benzene rings is 1. The summed E-state index contributed by atoms with van der Waals surface area (Å²) in [6.45, 7) is 6.37. The molecular formula is C15H27N3O2S. The van der Waals surface area contributed by atoms with Crippen molar-refractivity contribution >= 4 is 10.0 Å². The Hall–Kier alpha value is -0.950. The van der Waals surface area contributed by atoms with Crippen molar-refractivity contribution in [3.8, 4) is 0 Å². The monoisotopic (exact) mass is 313 g/mol. The third kappa shape index (κ3) is 6.56. The lowest BCUT2D eigenvalue weighted by atomic mass is 10.2. The molecule has 120 valence electrons. The van der Waals surface area contributed by atoms with E-state index in [2.05, 4.69) is 17.0 Å². The number of sulfonamides is 1. The molecular weight excluding hydrogens is 286 g/mol. The standard InChI is InChI=1S/C15H27N3O2S/c1-5-10-16-11-14-6-8-15(9-7-14)21(19,20)17-13(2)12-18(3)4/h6-9,13,16-17H,5,10-12H2,1-4H3. The number of nitrogens with zero attached hydrogens (tertiary/aromatic N) is 1. The van der Waals surface area contributed by atoms with Crippen LogP contribution in [0.15, 0.2) is 29.2 Å². The molecule has 0 amide bonds. The van der Waals surface area contributed by atoms with E-state index in [0.717, 1.165) is 25.1 Å². The van der Waals surface area contributed by atoms with Gasteiger partial charge in [0, 0.05) is 19.1 Å². The topological polar surface area (TPSA) is 61.4 Å². The third-order valence-corrected chi connectivity index (χ3v) is 4.59. The zero-order valence-electron chi connectivity index (χ0n) is 13.4. The van der Waals surface area contributed by atoms with Crippen molar-refractivity contribution in [3.63, 3.8) is 0 Å². The van der Waals surface area contributed by atoms with E-state index in [4.69, 9.17) is 0 Å². The van der Waals surface area contributed by atoms with Gasteiger partial charge in [0.25, 0.3) is 0 Å². The van der Waals surface area contributed by atoms with Crippen LogP contribution in [0, 0.1) is 0 Å². The van der Waals surface area contributed by atoms with Crippen LogP contribution in [0.4, 0.5) is 0 Å². The Morgan fingerprint density at radius 2 is 1.81 bits per heavy atom. The minimum Gasteiger partial charge on any atom is -0.313 e. The van der Waals surface area contributed by atoms with Crippen molar-refractivity contribution in [1.29, 1.82) is 0 Å². The van der Waals surface area contributed by atoms with Gasteiger partial charge in [-0.1, -0.05) is 19.1 Å². The summed E-state index contributed by atoms with van der Waals surface area (Å²) in [7, 11) is 0.395. The summed E-state index contributed by atoms with van der Waals surface area (Å²) in [5, 5.41) is 3.29. The van der Waals surface area contributed by atoms with Crippen molar-refractivity contribution in [2.75, 3.05) is 27.2 Å². The van der Waals surface area contributed by atoms with E-state index in [-0.39, 0.29) is 6.04 Å². The molecule has 0 fully saturated rings. The highest BCUT2D eigenvalue weighted by Crippen LogP contribution is 2.11. The maximum atomic E-state index is 12.3. The highest BCUT2D eigenvalue weighted by atomic mass is 32.2. The third-order valence-electron chi connectivity index (χ3n) is 2.98. The van der Waals surface area contributed by atoms with Crippen molar-refractivity contribution in [2.45, 2.75) is 37.8 Å². The summed E-state index contributed by atoms with van der Waals surface area (Å²) in [6, 6.07) is 6.90. The molecule has 2 N–H and O–H groups in total. The molecule has 21 heavy (non-hydrogen) atoms. The Labute approximate surface area is 128 Å². The molecule has 0 aromatic heterocycles. The first-order valence-electron chi connectivity index (χ1n) is 7.32. The summed E-state index contributed by atoms with van der Waals surface area (Å²) in [5.41, 5.74) is 1.09. The molecule has 1 aromatic carbocycles. The second-order valence-electron chi connectivity index (χ2n) is 5.61. The van der Waals surface area contributed by atoms with Gasteiger partial charge in [-0.2, -0.15) is 0 Å². The molecule has 1 unspecified atom stereocenters. The largest absolute Gasteiger partial charge is 0.313 e. The van der Waals surface area contributed by atoms with Crippen molar-refractivity contribution in [2.24, 2.45) is 0 Å². The van der Waals surface area contributed by atoms with Gasteiger partial charge < -0.3 is 10.2 Å². The minimum atomic E-state index is -3.44. The lowest BCUT2D eigenvalue weighted by Gasteiger charge is -2.18. The normalized spacial score (nSPS) is 13.6. The lowest BCUT2D eigenvalue weighted by molar-refractivity contribution is 0.370. The fourth-order valence-corrected chi connectivity index (χ4v) is 3.35. The summed E-state index contributed by atoms with van der Waals surface area (Å²) in [6.07, 6.45) is 1.08. The van der Waals surface area contributed by atoms with Gasteiger partial charge in [-0.3, -0.25) is 0 Å². The SMILES string of the molecule is CCCNCc1ccc(S(=O)(=O)NC(C)CN(C)C)cc1. The molecule has 0 spiro atoms. The van der Waals surface area contributed by atoms with Crippen LogP contribution in [0.5, 0.6) is 0 Å². The summed E-state index contributed by atoms with van der Waals surface area (Å²) < 4.78 is 27.2. The van der Waals surface area contributed by atoms with Crippen LogP contribution >= 0.6 is 0 Å². The number of hydrogen-bond acceptors (Lipinski definition) is 4. The lowest BCUT2D eigenvalue weighted by Crippen LogP contribution is -2.39. The van der Waals surface area contributed by atoms with Crippen LogP contribution in [-0.2, 0) is 16.6 Å². The van der Waals surface area contributed by atoms with Crippen LogP contribution in [0.1, 0.15) is 25.8 Å². The Bertz CT molecular complexity index is 512. The Kier molecular flexibility index (Phi) is 7.31. The molecule has 0 saturated carbocycles. The quantitative estimate of drug-likeness (QED) is 0.677. The fraction of sp³-hybridized carbons (Fsp3) is 0.600.